The maximum Gasteiger partial charge on any atom is 0.334 e. The first-order chi connectivity index (χ1) is 11.9. The number of carbonyl (C=O) groups is 3. The second-order valence-corrected chi connectivity index (χ2v) is 6.93. The summed E-state index contributed by atoms with van der Waals surface area (Å²) in [6.45, 7) is 1.52. The van der Waals surface area contributed by atoms with Crippen molar-refractivity contribution < 1.29 is 24.6 Å². The van der Waals surface area contributed by atoms with E-state index in [2.05, 4.69) is 5.32 Å². The topological polar surface area (TPSA) is 107 Å². The van der Waals surface area contributed by atoms with Gasteiger partial charge in [-0.2, -0.15) is 0 Å². The van der Waals surface area contributed by atoms with E-state index in [4.69, 9.17) is 5.11 Å². The number of thioether (sulfide) groups is 1. The first kappa shape index (κ1) is 19.0. The SMILES string of the molecule is CC1SC=CN(CC(=O)N[C@@H](Cc2ccccc2)C(O)C(=O)O)C1=O. The molecule has 8 heteroatoms. The number of rotatable bonds is 7. The number of aliphatic hydroxyl groups is 1. The maximum atomic E-state index is 12.2. The van der Waals surface area contributed by atoms with Gasteiger partial charge < -0.3 is 20.4 Å². The Hall–Kier alpha value is -2.32. The molecule has 0 fully saturated rings. The highest BCUT2D eigenvalue weighted by molar-refractivity contribution is 8.03. The van der Waals surface area contributed by atoms with Gasteiger partial charge in [-0.15, -0.1) is 11.8 Å². The highest BCUT2D eigenvalue weighted by atomic mass is 32.2. The Balaban J connectivity index is 2.04. The number of nitrogens with zero attached hydrogens (tertiary/aromatic N) is 1. The summed E-state index contributed by atoms with van der Waals surface area (Å²) in [7, 11) is 0. The second kappa shape index (κ2) is 8.68. The van der Waals surface area contributed by atoms with Crippen molar-refractivity contribution in [3.8, 4) is 0 Å². The van der Waals surface area contributed by atoms with E-state index < -0.39 is 24.0 Å². The molecule has 2 amide bonds. The monoisotopic (exact) mass is 364 g/mol. The number of amides is 2. The van der Waals surface area contributed by atoms with Gasteiger partial charge in [0, 0.05) is 6.20 Å². The number of carboxylic acid groups (broad SMARTS) is 1. The van der Waals surface area contributed by atoms with Crippen LogP contribution in [0.15, 0.2) is 41.9 Å². The molecule has 25 heavy (non-hydrogen) atoms. The van der Waals surface area contributed by atoms with E-state index in [1.54, 1.807) is 36.6 Å². The van der Waals surface area contributed by atoms with Crippen molar-refractivity contribution in [1.82, 2.24) is 10.2 Å². The average molecular weight is 364 g/mol. The fourth-order valence-electron chi connectivity index (χ4n) is 2.41. The largest absolute Gasteiger partial charge is 0.479 e. The molecule has 1 aromatic rings. The fourth-order valence-corrected chi connectivity index (χ4v) is 3.12. The molecule has 3 N–H and O–H groups in total. The van der Waals surface area contributed by atoms with E-state index in [9.17, 15) is 19.5 Å². The minimum atomic E-state index is -1.74. The van der Waals surface area contributed by atoms with Crippen LogP contribution in [0, 0.1) is 0 Å². The van der Waals surface area contributed by atoms with Crippen LogP contribution in [0.25, 0.3) is 0 Å². The molecule has 2 rings (SSSR count). The molecule has 1 aliphatic rings. The van der Waals surface area contributed by atoms with E-state index in [1.807, 2.05) is 6.07 Å². The summed E-state index contributed by atoms with van der Waals surface area (Å²) in [4.78, 5) is 36.7. The molecule has 1 aliphatic heterocycles. The van der Waals surface area contributed by atoms with Crippen LogP contribution in [0.1, 0.15) is 12.5 Å². The highest BCUT2D eigenvalue weighted by Crippen LogP contribution is 2.20. The molecule has 1 aromatic carbocycles. The molecule has 0 radical (unpaired) electrons. The van der Waals surface area contributed by atoms with Gasteiger partial charge in [-0.25, -0.2) is 4.79 Å². The van der Waals surface area contributed by atoms with Crippen molar-refractivity contribution in [1.29, 1.82) is 0 Å². The van der Waals surface area contributed by atoms with Crippen molar-refractivity contribution in [2.45, 2.75) is 30.7 Å². The molecule has 7 nitrogen and oxygen atoms in total. The predicted octanol–water partition coefficient (Wildman–Crippen LogP) is 0.594. The molecule has 0 bridgehead atoms. The zero-order valence-electron chi connectivity index (χ0n) is 13.7. The molecule has 1 heterocycles. The lowest BCUT2D eigenvalue weighted by atomic mass is 10.0. The Bertz CT molecular complexity index is 664. The minimum Gasteiger partial charge on any atom is -0.479 e. The Morgan fingerprint density at radius 1 is 1.32 bits per heavy atom. The van der Waals surface area contributed by atoms with Crippen molar-refractivity contribution in [3.05, 3.63) is 47.5 Å². The molecule has 3 atom stereocenters. The summed E-state index contributed by atoms with van der Waals surface area (Å²) in [6.07, 6.45) is -0.0612. The number of carbonyl (C=O) groups excluding carboxylic acids is 2. The normalized spacial score (nSPS) is 19.4. The zero-order valence-corrected chi connectivity index (χ0v) is 14.5. The van der Waals surface area contributed by atoms with Crippen LogP contribution < -0.4 is 5.32 Å². The van der Waals surface area contributed by atoms with Crippen LogP contribution in [0.5, 0.6) is 0 Å². The lowest BCUT2D eigenvalue weighted by Crippen LogP contribution is -2.51. The molecular weight excluding hydrogens is 344 g/mol. The molecule has 0 aromatic heterocycles. The molecule has 134 valence electrons. The fraction of sp³-hybridized carbons (Fsp3) is 0.353. The van der Waals surface area contributed by atoms with Crippen LogP contribution in [0.2, 0.25) is 0 Å². The first-order valence-corrected chi connectivity index (χ1v) is 8.69. The standard InChI is InChI=1S/C17H20N2O5S/c1-11-16(22)19(7-8-25-11)10-14(20)18-13(15(21)17(23)24)9-12-5-3-2-4-6-12/h2-8,11,13,15,21H,9-10H2,1H3,(H,18,20)(H,23,24)/t11?,13-,15?/m0/s1. The summed E-state index contributed by atoms with van der Waals surface area (Å²) in [5, 5.41) is 22.9. The summed E-state index contributed by atoms with van der Waals surface area (Å²) in [5.41, 5.74) is 0.784. The molecule has 0 saturated carbocycles. The quantitative estimate of drug-likeness (QED) is 0.654. The van der Waals surface area contributed by atoms with E-state index in [0.717, 1.165) is 5.56 Å². The van der Waals surface area contributed by atoms with Gasteiger partial charge in [0.15, 0.2) is 6.10 Å². The van der Waals surface area contributed by atoms with E-state index in [1.165, 1.54) is 22.9 Å². The van der Waals surface area contributed by atoms with Crippen molar-refractivity contribution in [2.75, 3.05) is 6.54 Å². The summed E-state index contributed by atoms with van der Waals surface area (Å²) in [5.74, 6) is -2.14. The third kappa shape index (κ3) is 5.33. The van der Waals surface area contributed by atoms with Crippen molar-refractivity contribution in [3.63, 3.8) is 0 Å². The van der Waals surface area contributed by atoms with Crippen LogP contribution in [0.4, 0.5) is 0 Å². The van der Waals surface area contributed by atoms with Crippen molar-refractivity contribution in [2.24, 2.45) is 0 Å². The zero-order chi connectivity index (χ0) is 18.4. The van der Waals surface area contributed by atoms with Crippen LogP contribution >= 0.6 is 11.8 Å². The van der Waals surface area contributed by atoms with Gasteiger partial charge in [-0.3, -0.25) is 9.59 Å². The number of aliphatic hydroxyl groups excluding tert-OH is 1. The van der Waals surface area contributed by atoms with Crippen LogP contribution in [-0.4, -0.2) is 56.8 Å². The van der Waals surface area contributed by atoms with Crippen LogP contribution in [0.3, 0.4) is 0 Å². The Morgan fingerprint density at radius 2 is 2.00 bits per heavy atom. The van der Waals surface area contributed by atoms with Gasteiger partial charge in [0.1, 0.15) is 6.54 Å². The van der Waals surface area contributed by atoms with E-state index in [0.29, 0.717) is 0 Å². The summed E-state index contributed by atoms with van der Waals surface area (Å²) in [6, 6.07) is 7.96. The molecule has 0 spiro atoms. The van der Waals surface area contributed by atoms with E-state index in [-0.39, 0.29) is 24.1 Å². The number of carboxylic acids is 1. The van der Waals surface area contributed by atoms with Gasteiger partial charge >= 0.3 is 5.97 Å². The molecule has 0 saturated heterocycles. The second-order valence-electron chi connectivity index (χ2n) is 5.68. The number of hydrogen-bond acceptors (Lipinski definition) is 5. The summed E-state index contributed by atoms with van der Waals surface area (Å²) < 4.78 is 0. The van der Waals surface area contributed by atoms with Crippen LogP contribution in [-0.2, 0) is 20.8 Å². The molecular formula is C17H20N2O5S. The number of nitrogens with one attached hydrogen (secondary N) is 1. The van der Waals surface area contributed by atoms with Gasteiger partial charge in [0.2, 0.25) is 11.8 Å². The number of benzene rings is 1. The predicted molar refractivity (Wildman–Crippen MR) is 93.6 cm³/mol. The summed E-state index contributed by atoms with van der Waals surface area (Å²) >= 11 is 1.36. The highest BCUT2D eigenvalue weighted by Gasteiger charge is 2.29. The van der Waals surface area contributed by atoms with Gasteiger partial charge in [-0.1, -0.05) is 30.3 Å². The lowest BCUT2D eigenvalue weighted by molar-refractivity contribution is -0.148. The minimum absolute atomic E-state index is 0.163. The lowest BCUT2D eigenvalue weighted by Gasteiger charge is -2.26. The smallest absolute Gasteiger partial charge is 0.334 e. The Kier molecular flexibility index (Phi) is 6.60. The van der Waals surface area contributed by atoms with Gasteiger partial charge in [-0.05, 0) is 24.3 Å². The third-order valence-corrected chi connectivity index (χ3v) is 4.64. The molecule has 0 aliphatic carbocycles. The first-order valence-electron chi connectivity index (χ1n) is 7.75. The van der Waals surface area contributed by atoms with Crippen molar-refractivity contribution >= 4 is 29.5 Å². The van der Waals surface area contributed by atoms with Gasteiger partial charge in [0.05, 0.1) is 11.3 Å². The average Bonchev–Trinajstić information content (AvgIpc) is 2.58. The Labute approximate surface area is 149 Å². The molecule has 2 unspecified atom stereocenters. The number of hydrogen-bond donors (Lipinski definition) is 3. The maximum absolute atomic E-state index is 12.2. The van der Waals surface area contributed by atoms with E-state index >= 15 is 0 Å². The number of aliphatic carboxylic acids is 1. The Morgan fingerprint density at radius 3 is 2.64 bits per heavy atom. The third-order valence-electron chi connectivity index (χ3n) is 3.75. The van der Waals surface area contributed by atoms with Gasteiger partial charge in [0.25, 0.3) is 0 Å².